The van der Waals surface area contributed by atoms with Gasteiger partial charge in [0.15, 0.2) is 4.77 Å². The first-order chi connectivity index (χ1) is 9.72. The smallest absolute Gasteiger partial charge is 0.199 e. The van der Waals surface area contributed by atoms with Crippen LogP contribution in [0.15, 0.2) is 30.5 Å². The Morgan fingerprint density at radius 3 is 3.00 bits per heavy atom. The summed E-state index contributed by atoms with van der Waals surface area (Å²) >= 11 is 11.6. The summed E-state index contributed by atoms with van der Waals surface area (Å²) in [6.45, 7) is 2.11. The first kappa shape index (κ1) is 13.3. The molecule has 0 bridgehead atoms. The molecule has 0 saturated heterocycles. The van der Waals surface area contributed by atoms with Gasteiger partial charge in [0.1, 0.15) is 5.82 Å². The molecule has 0 aliphatic heterocycles. The van der Waals surface area contributed by atoms with Gasteiger partial charge in [-0.3, -0.25) is 14.6 Å². The number of halogens is 1. The van der Waals surface area contributed by atoms with Gasteiger partial charge in [0.25, 0.3) is 0 Å². The van der Waals surface area contributed by atoms with E-state index in [0.29, 0.717) is 9.79 Å². The van der Waals surface area contributed by atoms with Crippen molar-refractivity contribution in [1.29, 1.82) is 0 Å². The normalized spacial score (nSPS) is 11.1. The first-order valence-electron chi connectivity index (χ1n) is 6.42. The van der Waals surface area contributed by atoms with Crippen molar-refractivity contribution in [2.75, 3.05) is 0 Å². The Labute approximate surface area is 126 Å². The molecule has 3 rings (SSSR count). The fourth-order valence-electron chi connectivity index (χ4n) is 2.27. The molecule has 6 heteroatoms. The van der Waals surface area contributed by atoms with E-state index in [-0.39, 0.29) is 0 Å². The molecule has 2 heterocycles. The lowest BCUT2D eigenvalue weighted by Crippen LogP contribution is -2.03. The van der Waals surface area contributed by atoms with Gasteiger partial charge in [-0.15, -0.1) is 0 Å². The summed E-state index contributed by atoms with van der Waals surface area (Å²) in [5, 5.41) is 8.75. The Morgan fingerprint density at radius 2 is 2.20 bits per heavy atom. The molecule has 0 amide bonds. The fourth-order valence-corrected chi connectivity index (χ4v) is 2.74. The van der Waals surface area contributed by atoms with Gasteiger partial charge in [0.05, 0.1) is 16.2 Å². The van der Waals surface area contributed by atoms with E-state index in [0.717, 1.165) is 35.3 Å². The number of aryl methyl sites for hydroxylation is 1. The standard InChI is InChI=1S/C14H13ClN4S/c1-2-4-12-17-18-14(20)19(12)11-7-6-10(15)9-5-3-8-16-13(9)11/h3,5-8H,2,4H2,1H3,(H,18,20). The molecule has 0 saturated carbocycles. The van der Waals surface area contributed by atoms with Crippen molar-refractivity contribution in [3.05, 3.63) is 46.1 Å². The van der Waals surface area contributed by atoms with Crippen molar-refractivity contribution < 1.29 is 0 Å². The maximum atomic E-state index is 6.23. The molecule has 0 aliphatic carbocycles. The molecule has 1 N–H and O–H groups in total. The number of nitrogens with one attached hydrogen (secondary N) is 1. The fraction of sp³-hybridized carbons (Fsp3) is 0.214. The van der Waals surface area contributed by atoms with Crippen LogP contribution in [0.4, 0.5) is 0 Å². The van der Waals surface area contributed by atoms with Crippen LogP contribution in [-0.2, 0) is 6.42 Å². The quantitative estimate of drug-likeness (QED) is 0.742. The number of aromatic amines is 1. The highest BCUT2D eigenvalue weighted by Gasteiger charge is 2.12. The highest BCUT2D eigenvalue weighted by atomic mass is 35.5. The Bertz CT molecular complexity index is 821. The van der Waals surface area contributed by atoms with E-state index in [1.807, 2.05) is 28.8 Å². The third-order valence-corrected chi connectivity index (χ3v) is 3.75. The van der Waals surface area contributed by atoms with Crippen LogP contribution in [0.25, 0.3) is 16.6 Å². The average Bonchev–Trinajstić information content (AvgIpc) is 2.82. The van der Waals surface area contributed by atoms with Gasteiger partial charge in [0.2, 0.25) is 0 Å². The predicted octanol–water partition coefficient (Wildman–Crippen LogP) is 4.08. The molecule has 2 aromatic heterocycles. The Hall–Kier alpha value is -1.72. The largest absolute Gasteiger partial charge is 0.270 e. The van der Waals surface area contributed by atoms with Gasteiger partial charge in [-0.1, -0.05) is 18.5 Å². The number of nitrogens with zero attached hydrogens (tertiary/aromatic N) is 3. The highest BCUT2D eigenvalue weighted by Crippen LogP contribution is 2.27. The predicted molar refractivity (Wildman–Crippen MR) is 83.1 cm³/mol. The average molecular weight is 305 g/mol. The number of aromatic nitrogens is 4. The van der Waals surface area contributed by atoms with Crippen molar-refractivity contribution >= 4 is 34.7 Å². The maximum absolute atomic E-state index is 6.23. The molecule has 102 valence electrons. The Kier molecular flexibility index (Phi) is 3.54. The van der Waals surface area contributed by atoms with E-state index >= 15 is 0 Å². The van der Waals surface area contributed by atoms with Crippen molar-refractivity contribution in [3.63, 3.8) is 0 Å². The lowest BCUT2D eigenvalue weighted by atomic mass is 10.2. The number of hydrogen-bond donors (Lipinski definition) is 1. The van der Waals surface area contributed by atoms with Crippen LogP contribution in [-0.4, -0.2) is 19.7 Å². The molecule has 1 aromatic carbocycles. The van der Waals surface area contributed by atoms with Crippen molar-refractivity contribution in [2.24, 2.45) is 0 Å². The lowest BCUT2D eigenvalue weighted by Gasteiger charge is -2.10. The number of rotatable bonds is 3. The summed E-state index contributed by atoms with van der Waals surface area (Å²) in [7, 11) is 0. The SMILES string of the molecule is CCCc1n[nH]c(=S)n1-c1ccc(Cl)c2cccnc12. The molecule has 3 aromatic rings. The second kappa shape index (κ2) is 5.34. The third-order valence-electron chi connectivity index (χ3n) is 3.15. The van der Waals surface area contributed by atoms with Gasteiger partial charge < -0.3 is 0 Å². The summed E-state index contributed by atoms with van der Waals surface area (Å²) in [5.74, 6) is 0.909. The second-order valence-corrected chi connectivity index (χ2v) is 5.29. The number of pyridine rings is 1. The molecular weight excluding hydrogens is 292 g/mol. The zero-order valence-electron chi connectivity index (χ0n) is 10.9. The van der Waals surface area contributed by atoms with E-state index in [4.69, 9.17) is 23.8 Å². The summed E-state index contributed by atoms with van der Waals surface area (Å²) in [6.07, 6.45) is 3.61. The van der Waals surface area contributed by atoms with Crippen LogP contribution in [0.2, 0.25) is 5.02 Å². The van der Waals surface area contributed by atoms with Crippen LogP contribution in [0, 0.1) is 4.77 Å². The molecule has 4 nitrogen and oxygen atoms in total. The minimum atomic E-state index is 0.572. The molecule has 0 spiro atoms. The molecule has 0 atom stereocenters. The van der Waals surface area contributed by atoms with Gasteiger partial charge >= 0.3 is 0 Å². The highest BCUT2D eigenvalue weighted by molar-refractivity contribution is 7.71. The molecule has 20 heavy (non-hydrogen) atoms. The summed E-state index contributed by atoms with van der Waals surface area (Å²) in [4.78, 5) is 4.45. The number of fused-ring (bicyclic) bond motifs is 1. The van der Waals surface area contributed by atoms with Gasteiger partial charge in [-0.05, 0) is 42.9 Å². The second-order valence-electron chi connectivity index (χ2n) is 4.50. The monoisotopic (exact) mass is 304 g/mol. The summed E-state index contributed by atoms with van der Waals surface area (Å²) < 4.78 is 2.51. The summed E-state index contributed by atoms with van der Waals surface area (Å²) in [5.41, 5.74) is 1.74. The molecule has 0 fully saturated rings. The van der Waals surface area contributed by atoms with E-state index in [1.165, 1.54) is 0 Å². The van der Waals surface area contributed by atoms with E-state index < -0.39 is 0 Å². The van der Waals surface area contributed by atoms with Crippen molar-refractivity contribution in [2.45, 2.75) is 19.8 Å². The minimum absolute atomic E-state index is 0.572. The molecule has 0 aliphatic rings. The number of benzene rings is 1. The number of H-pyrrole nitrogens is 1. The summed E-state index contributed by atoms with van der Waals surface area (Å²) in [6, 6.07) is 7.63. The van der Waals surface area contributed by atoms with Gasteiger partial charge in [-0.2, -0.15) is 5.10 Å². The van der Waals surface area contributed by atoms with Crippen molar-refractivity contribution in [3.8, 4) is 5.69 Å². The zero-order chi connectivity index (χ0) is 14.1. The van der Waals surface area contributed by atoms with Crippen LogP contribution in [0.1, 0.15) is 19.2 Å². The van der Waals surface area contributed by atoms with Crippen LogP contribution < -0.4 is 0 Å². The molecular formula is C14H13ClN4S. The van der Waals surface area contributed by atoms with E-state index in [1.54, 1.807) is 6.20 Å². The lowest BCUT2D eigenvalue weighted by molar-refractivity contribution is 0.802. The minimum Gasteiger partial charge on any atom is -0.270 e. The van der Waals surface area contributed by atoms with E-state index in [9.17, 15) is 0 Å². The van der Waals surface area contributed by atoms with Crippen LogP contribution >= 0.6 is 23.8 Å². The van der Waals surface area contributed by atoms with E-state index in [2.05, 4.69) is 22.1 Å². The van der Waals surface area contributed by atoms with Gasteiger partial charge in [0, 0.05) is 18.0 Å². The Balaban J connectivity index is 2.33. The zero-order valence-corrected chi connectivity index (χ0v) is 12.5. The van der Waals surface area contributed by atoms with Crippen molar-refractivity contribution in [1.82, 2.24) is 19.7 Å². The van der Waals surface area contributed by atoms with Crippen LogP contribution in [0.3, 0.4) is 0 Å². The molecule has 0 unspecified atom stereocenters. The van der Waals surface area contributed by atoms with Gasteiger partial charge in [-0.25, -0.2) is 0 Å². The first-order valence-corrected chi connectivity index (χ1v) is 7.21. The number of hydrogen-bond acceptors (Lipinski definition) is 3. The topological polar surface area (TPSA) is 46.5 Å². The molecule has 0 radical (unpaired) electrons. The van der Waals surface area contributed by atoms with Crippen LogP contribution in [0.5, 0.6) is 0 Å². The maximum Gasteiger partial charge on any atom is 0.199 e. The Morgan fingerprint density at radius 1 is 1.35 bits per heavy atom. The third kappa shape index (κ3) is 2.13.